The van der Waals surface area contributed by atoms with Crippen LogP contribution in [0.2, 0.25) is 0 Å². The van der Waals surface area contributed by atoms with E-state index >= 15 is 0 Å². The molecule has 0 aromatic carbocycles. The number of allylic oxidation sites excluding steroid dienone is 2. The average Bonchev–Trinajstić information content (AvgIpc) is 2.39. The van der Waals surface area contributed by atoms with Crippen LogP contribution in [0.4, 0.5) is 0 Å². The normalized spacial score (nSPS) is 50.3. The monoisotopic (exact) mass is 344 g/mol. The first-order chi connectivity index (χ1) is 10.5. The maximum absolute atomic E-state index is 10.1. The van der Waals surface area contributed by atoms with E-state index in [-0.39, 0.29) is 22.3 Å². The fourth-order valence-corrected chi connectivity index (χ4v) is 7.06. The van der Waals surface area contributed by atoms with Gasteiger partial charge in [-0.25, -0.2) is 0 Å². The van der Waals surface area contributed by atoms with Gasteiger partial charge in [-0.05, 0) is 74.7 Å². The molecule has 5 saturated carbocycles. The van der Waals surface area contributed by atoms with Crippen molar-refractivity contribution in [2.24, 2.45) is 23.7 Å². The minimum absolute atomic E-state index is 0.0555. The largest absolute Gasteiger partial charge is 0.501 e. The van der Waals surface area contributed by atoms with Gasteiger partial charge in [-0.15, -0.1) is 23.2 Å². The second kappa shape index (κ2) is 5.57. The van der Waals surface area contributed by atoms with Gasteiger partial charge in [-0.2, -0.15) is 0 Å². The van der Waals surface area contributed by atoms with Crippen LogP contribution in [0.15, 0.2) is 11.3 Å². The molecule has 124 valence electrons. The van der Waals surface area contributed by atoms with Crippen molar-refractivity contribution in [3.05, 3.63) is 11.3 Å². The third-order valence-corrected chi connectivity index (χ3v) is 7.31. The highest BCUT2D eigenvalue weighted by atomic mass is 35.5. The molecule has 1 N–H and O–H groups in total. The van der Waals surface area contributed by atoms with E-state index in [1.165, 1.54) is 24.8 Å². The molecule has 22 heavy (non-hydrogen) atoms. The fourth-order valence-electron chi connectivity index (χ4n) is 6.05. The molecule has 0 radical (unpaired) electrons. The molecule has 2 nitrogen and oxygen atoms in total. The van der Waals surface area contributed by atoms with Crippen LogP contribution in [0.25, 0.3) is 0 Å². The van der Waals surface area contributed by atoms with Crippen molar-refractivity contribution in [2.75, 3.05) is 7.11 Å². The van der Waals surface area contributed by atoms with Gasteiger partial charge < -0.3 is 9.84 Å². The van der Waals surface area contributed by atoms with Crippen LogP contribution in [0, 0.1) is 23.7 Å². The lowest BCUT2D eigenvalue weighted by molar-refractivity contribution is 0.0613. The number of alkyl halides is 2. The summed E-state index contributed by atoms with van der Waals surface area (Å²) in [7, 11) is 1.80. The van der Waals surface area contributed by atoms with Gasteiger partial charge in [0.2, 0.25) is 0 Å². The average molecular weight is 345 g/mol. The zero-order valence-corrected chi connectivity index (χ0v) is 14.7. The molecule has 5 rings (SSSR count). The number of halogens is 2. The van der Waals surface area contributed by atoms with Gasteiger partial charge in [0.1, 0.15) is 0 Å². The quantitative estimate of drug-likeness (QED) is 0.591. The predicted octanol–water partition coefficient (Wildman–Crippen LogP) is 4.47. The zero-order chi connectivity index (χ0) is 15.5. The molecule has 0 aliphatic heterocycles. The summed E-state index contributed by atoms with van der Waals surface area (Å²) in [5.74, 6) is 3.46. The summed E-state index contributed by atoms with van der Waals surface area (Å²) in [6.45, 7) is 0. The number of hydrogen-bond acceptors (Lipinski definition) is 2. The number of aliphatic hydroxyl groups excluding tert-OH is 1. The zero-order valence-electron chi connectivity index (χ0n) is 13.2. The maximum atomic E-state index is 10.1. The van der Waals surface area contributed by atoms with Crippen molar-refractivity contribution < 1.29 is 9.84 Å². The highest BCUT2D eigenvalue weighted by Crippen LogP contribution is 2.61. The molecule has 0 aromatic rings. The first-order valence-corrected chi connectivity index (χ1v) is 9.58. The molecule has 5 atom stereocenters. The number of rotatable bonds is 2. The van der Waals surface area contributed by atoms with Crippen molar-refractivity contribution >= 4 is 23.2 Å². The molecule has 0 aromatic heterocycles. The van der Waals surface area contributed by atoms with Crippen LogP contribution in [0.5, 0.6) is 0 Å². The Morgan fingerprint density at radius 3 is 2.32 bits per heavy atom. The first kappa shape index (κ1) is 15.6. The van der Waals surface area contributed by atoms with Crippen LogP contribution >= 0.6 is 23.2 Å². The second-order valence-electron chi connectivity index (χ2n) is 8.17. The summed E-state index contributed by atoms with van der Waals surface area (Å²) in [6.07, 6.45) is 8.16. The van der Waals surface area contributed by atoms with E-state index < -0.39 is 0 Å². The van der Waals surface area contributed by atoms with Crippen LogP contribution < -0.4 is 0 Å². The van der Waals surface area contributed by atoms with Crippen LogP contribution in [-0.2, 0) is 4.74 Å². The van der Waals surface area contributed by atoms with E-state index in [4.69, 9.17) is 27.9 Å². The predicted molar refractivity (Wildman–Crippen MR) is 89.2 cm³/mol. The Labute approximate surface area is 143 Å². The van der Waals surface area contributed by atoms with E-state index in [0.717, 1.165) is 37.4 Å². The molecule has 4 heteroatoms. The molecule has 5 unspecified atom stereocenters. The number of aliphatic hydroxyl groups is 1. The lowest BCUT2D eigenvalue weighted by atomic mass is 9.53. The Bertz CT molecular complexity index is 461. The third-order valence-electron chi connectivity index (χ3n) is 6.49. The third kappa shape index (κ3) is 2.59. The topological polar surface area (TPSA) is 29.5 Å². The summed E-state index contributed by atoms with van der Waals surface area (Å²) in [6, 6.07) is 0. The minimum atomic E-state index is -0.289. The molecule has 5 aliphatic rings. The van der Waals surface area contributed by atoms with Gasteiger partial charge in [0.15, 0.2) is 0 Å². The molecule has 5 aliphatic carbocycles. The van der Waals surface area contributed by atoms with Crippen molar-refractivity contribution in [1.29, 1.82) is 0 Å². The van der Waals surface area contributed by atoms with Gasteiger partial charge in [0, 0.05) is 16.2 Å². The van der Waals surface area contributed by atoms with Crippen LogP contribution in [0.3, 0.4) is 0 Å². The smallest absolute Gasteiger partial charge is 0.0985 e. The van der Waals surface area contributed by atoms with Gasteiger partial charge in [0.05, 0.1) is 19.0 Å². The number of methoxy groups -OCH3 is 1. The molecule has 0 saturated heterocycles. The highest BCUT2D eigenvalue weighted by Gasteiger charge is 2.54. The number of ether oxygens (including phenoxy) is 1. The van der Waals surface area contributed by atoms with Crippen molar-refractivity contribution in [1.82, 2.24) is 0 Å². The molecular weight excluding hydrogens is 319 g/mol. The van der Waals surface area contributed by atoms with Gasteiger partial charge >= 0.3 is 0 Å². The van der Waals surface area contributed by atoms with Crippen molar-refractivity contribution in [2.45, 2.75) is 67.7 Å². The second-order valence-corrected chi connectivity index (χ2v) is 9.59. The molecule has 0 heterocycles. The Hall–Kier alpha value is 0.0800. The first-order valence-electron chi connectivity index (χ1n) is 8.76. The van der Waals surface area contributed by atoms with E-state index in [9.17, 15) is 5.11 Å². The van der Waals surface area contributed by atoms with Crippen LogP contribution in [0.1, 0.15) is 51.4 Å². The van der Waals surface area contributed by atoms with Gasteiger partial charge in [-0.1, -0.05) is 0 Å². The summed E-state index contributed by atoms with van der Waals surface area (Å²) in [5.41, 5.74) is 1.54. The molecular formula is C18H26Cl2O2. The lowest BCUT2D eigenvalue weighted by Crippen LogP contribution is -2.49. The summed E-state index contributed by atoms with van der Waals surface area (Å²) >= 11 is 13.2. The molecule has 4 bridgehead atoms. The minimum Gasteiger partial charge on any atom is -0.501 e. The SMILES string of the molecule is COC(=C1C2CC3CC1CC(Cl)(C3)C2)C1CC(O)CC(Cl)C1. The Morgan fingerprint density at radius 2 is 1.77 bits per heavy atom. The maximum Gasteiger partial charge on any atom is 0.0985 e. The van der Waals surface area contributed by atoms with Gasteiger partial charge in [-0.3, -0.25) is 0 Å². The standard InChI is InChI=1S/C18H26Cl2O2/c1-22-17(11-4-14(19)6-15(21)5-11)16-12-2-10-3-13(16)9-18(20,7-10)8-12/h10-15,21H,2-9H2,1H3. The Balaban J connectivity index is 1.66. The summed E-state index contributed by atoms with van der Waals surface area (Å²) in [5, 5.41) is 10.2. The highest BCUT2D eigenvalue weighted by molar-refractivity contribution is 6.24. The van der Waals surface area contributed by atoms with Gasteiger partial charge in [0.25, 0.3) is 0 Å². The Morgan fingerprint density at radius 1 is 1.09 bits per heavy atom. The van der Waals surface area contributed by atoms with E-state index in [2.05, 4.69) is 0 Å². The van der Waals surface area contributed by atoms with E-state index in [0.29, 0.717) is 18.3 Å². The molecule has 0 spiro atoms. The summed E-state index contributed by atoms with van der Waals surface area (Å²) in [4.78, 5) is 0.0555. The fraction of sp³-hybridized carbons (Fsp3) is 0.889. The lowest BCUT2D eigenvalue weighted by Gasteiger charge is -2.56. The van der Waals surface area contributed by atoms with Crippen molar-refractivity contribution in [3.63, 3.8) is 0 Å². The van der Waals surface area contributed by atoms with Crippen molar-refractivity contribution in [3.8, 4) is 0 Å². The number of hydrogen-bond donors (Lipinski definition) is 1. The Kier molecular flexibility index (Phi) is 3.95. The van der Waals surface area contributed by atoms with E-state index in [1.54, 1.807) is 7.11 Å². The molecule has 0 amide bonds. The van der Waals surface area contributed by atoms with Crippen LogP contribution in [-0.4, -0.2) is 28.6 Å². The molecule has 5 fully saturated rings. The summed E-state index contributed by atoms with van der Waals surface area (Å²) < 4.78 is 5.91. The van der Waals surface area contributed by atoms with E-state index in [1.807, 2.05) is 0 Å².